The molecule has 0 bridgehead atoms. The van der Waals surface area contributed by atoms with Crippen LogP contribution in [0.15, 0.2) is 17.1 Å². The number of methoxy groups -OCH3 is 3. The van der Waals surface area contributed by atoms with Crippen LogP contribution in [0.2, 0.25) is 0 Å². The highest BCUT2D eigenvalue weighted by molar-refractivity contribution is 14.0. The maximum atomic E-state index is 5.58. The van der Waals surface area contributed by atoms with Crippen molar-refractivity contribution < 1.29 is 14.2 Å². The Labute approximate surface area is 179 Å². The van der Waals surface area contributed by atoms with Crippen LogP contribution >= 0.6 is 24.0 Å². The normalized spacial score (nSPS) is 21.9. The van der Waals surface area contributed by atoms with Gasteiger partial charge < -0.3 is 24.4 Å². The van der Waals surface area contributed by atoms with Crippen molar-refractivity contribution in [1.29, 1.82) is 0 Å². The number of hydrogen-bond donors (Lipinski definition) is 1. The van der Waals surface area contributed by atoms with Gasteiger partial charge in [0.25, 0.3) is 0 Å². The third-order valence-corrected chi connectivity index (χ3v) is 5.71. The summed E-state index contributed by atoms with van der Waals surface area (Å²) in [6.07, 6.45) is 5.48. The first-order chi connectivity index (χ1) is 12.7. The van der Waals surface area contributed by atoms with Gasteiger partial charge in [-0.3, -0.25) is 4.99 Å². The maximum Gasteiger partial charge on any atom is 0.203 e. The molecular weight excluding hydrogens is 457 g/mol. The highest BCUT2D eigenvalue weighted by Crippen LogP contribution is 2.40. The lowest BCUT2D eigenvalue weighted by Gasteiger charge is -2.22. The Hall–Kier alpha value is -1.38. The van der Waals surface area contributed by atoms with Crippen LogP contribution in [0.1, 0.15) is 31.2 Å². The Morgan fingerprint density at radius 1 is 1.04 bits per heavy atom. The van der Waals surface area contributed by atoms with E-state index in [2.05, 4.69) is 15.2 Å². The lowest BCUT2D eigenvalue weighted by atomic mass is 9.82. The van der Waals surface area contributed by atoms with Crippen molar-refractivity contribution in [2.75, 3.05) is 41.5 Å². The molecule has 1 saturated carbocycles. The lowest BCUT2D eigenvalue weighted by molar-refractivity contribution is 0.299. The zero-order valence-electron chi connectivity index (χ0n) is 16.8. The molecule has 1 N–H and O–H groups in total. The van der Waals surface area contributed by atoms with Crippen LogP contribution in [0.5, 0.6) is 17.2 Å². The Bertz CT molecular complexity index is 640. The molecule has 1 aromatic rings. The lowest BCUT2D eigenvalue weighted by Crippen LogP contribution is -2.40. The smallest absolute Gasteiger partial charge is 0.203 e. The Morgan fingerprint density at radius 3 is 2.19 bits per heavy atom. The van der Waals surface area contributed by atoms with Crippen molar-refractivity contribution in [1.82, 2.24) is 10.2 Å². The first kappa shape index (κ1) is 21.9. The maximum absolute atomic E-state index is 5.58. The fourth-order valence-electron chi connectivity index (χ4n) is 4.39. The summed E-state index contributed by atoms with van der Waals surface area (Å²) in [6, 6.07) is 3.91. The van der Waals surface area contributed by atoms with E-state index >= 15 is 0 Å². The summed E-state index contributed by atoms with van der Waals surface area (Å²) < 4.78 is 16.4. The fraction of sp³-hybridized carbons (Fsp3) is 0.650. The molecule has 1 aromatic carbocycles. The SMILES string of the molecule is CN=C(NCc1ccc(OC)c(OC)c1OC)N1CC2CCCCC2C1.I. The molecule has 27 heavy (non-hydrogen) atoms. The van der Waals surface area contributed by atoms with Gasteiger partial charge in [-0.05, 0) is 36.8 Å². The van der Waals surface area contributed by atoms with Gasteiger partial charge in [0.15, 0.2) is 17.5 Å². The van der Waals surface area contributed by atoms with Gasteiger partial charge in [0.2, 0.25) is 5.75 Å². The van der Waals surface area contributed by atoms with E-state index in [1.54, 1.807) is 21.3 Å². The molecule has 2 aliphatic rings. The second kappa shape index (κ2) is 10.2. The number of nitrogens with zero attached hydrogens (tertiary/aromatic N) is 2. The molecule has 1 aliphatic carbocycles. The summed E-state index contributed by atoms with van der Waals surface area (Å²) >= 11 is 0. The number of aliphatic imine (C=N–C) groups is 1. The van der Waals surface area contributed by atoms with Crippen LogP contribution in [-0.4, -0.2) is 52.3 Å². The number of hydrogen-bond acceptors (Lipinski definition) is 4. The molecule has 0 amide bonds. The minimum atomic E-state index is 0. The van der Waals surface area contributed by atoms with Crippen molar-refractivity contribution in [3.05, 3.63) is 17.7 Å². The van der Waals surface area contributed by atoms with Gasteiger partial charge in [-0.1, -0.05) is 12.8 Å². The van der Waals surface area contributed by atoms with E-state index < -0.39 is 0 Å². The molecule has 1 aliphatic heterocycles. The van der Waals surface area contributed by atoms with Gasteiger partial charge in [0, 0.05) is 32.2 Å². The quantitative estimate of drug-likeness (QED) is 0.390. The van der Waals surface area contributed by atoms with Gasteiger partial charge in [0.1, 0.15) is 0 Å². The topological polar surface area (TPSA) is 55.3 Å². The number of guanidine groups is 1. The number of fused-ring (bicyclic) bond motifs is 1. The highest BCUT2D eigenvalue weighted by Gasteiger charge is 2.35. The molecule has 0 radical (unpaired) electrons. The molecule has 3 rings (SSSR count). The molecule has 0 spiro atoms. The Morgan fingerprint density at radius 2 is 1.67 bits per heavy atom. The number of halogens is 1. The molecule has 0 aromatic heterocycles. The van der Waals surface area contributed by atoms with Gasteiger partial charge in [0.05, 0.1) is 21.3 Å². The van der Waals surface area contributed by atoms with Crippen LogP contribution in [0.25, 0.3) is 0 Å². The van der Waals surface area contributed by atoms with Crippen molar-refractivity contribution in [3.8, 4) is 17.2 Å². The third kappa shape index (κ3) is 4.73. The van der Waals surface area contributed by atoms with E-state index in [1.807, 2.05) is 19.2 Å². The van der Waals surface area contributed by atoms with Gasteiger partial charge in [-0.2, -0.15) is 0 Å². The first-order valence-electron chi connectivity index (χ1n) is 9.45. The third-order valence-electron chi connectivity index (χ3n) is 5.71. The van der Waals surface area contributed by atoms with Crippen molar-refractivity contribution in [2.45, 2.75) is 32.2 Å². The second-order valence-corrected chi connectivity index (χ2v) is 7.10. The predicted octanol–water partition coefficient (Wildman–Crippen LogP) is 3.53. The molecule has 7 heteroatoms. The van der Waals surface area contributed by atoms with E-state index in [4.69, 9.17) is 14.2 Å². The zero-order valence-corrected chi connectivity index (χ0v) is 19.1. The molecule has 6 nitrogen and oxygen atoms in total. The number of ether oxygens (including phenoxy) is 3. The number of rotatable bonds is 5. The van der Waals surface area contributed by atoms with Crippen LogP contribution < -0.4 is 19.5 Å². The average Bonchev–Trinajstić information content (AvgIpc) is 3.11. The summed E-state index contributed by atoms with van der Waals surface area (Å²) in [5, 5.41) is 3.50. The molecule has 152 valence electrons. The Balaban J connectivity index is 0.00000261. The highest BCUT2D eigenvalue weighted by atomic mass is 127. The van der Waals surface area contributed by atoms with E-state index in [1.165, 1.54) is 25.7 Å². The number of benzene rings is 1. The molecule has 2 atom stereocenters. The van der Waals surface area contributed by atoms with Crippen LogP contribution in [0.4, 0.5) is 0 Å². The summed E-state index contributed by atoms with van der Waals surface area (Å²) in [5.41, 5.74) is 1.02. The predicted molar refractivity (Wildman–Crippen MR) is 119 cm³/mol. The molecule has 1 heterocycles. The van der Waals surface area contributed by atoms with Crippen molar-refractivity contribution in [3.63, 3.8) is 0 Å². The standard InChI is InChI=1S/C20H31N3O3.HI/c1-21-20(23-12-15-7-5-6-8-16(15)13-23)22-11-14-9-10-17(24-2)19(26-4)18(14)25-3;/h9-10,15-16H,5-8,11-13H2,1-4H3,(H,21,22);1H. The van der Waals surface area contributed by atoms with E-state index in [0.29, 0.717) is 23.8 Å². The van der Waals surface area contributed by atoms with Crippen molar-refractivity contribution in [2.24, 2.45) is 16.8 Å². The van der Waals surface area contributed by atoms with E-state index in [-0.39, 0.29) is 24.0 Å². The molecule has 2 unspecified atom stereocenters. The van der Waals surface area contributed by atoms with Gasteiger partial charge in [-0.15, -0.1) is 24.0 Å². The van der Waals surface area contributed by atoms with Gasteiger partial charge >= 0.3 is 0 Å². The average molecular weight is 489 g/mol. The minimum absolute atomic E-state index is 0. The zero-order chi connectivity index (χ0) is 18.5. The van der Waals surface area contributed by atoms with E-state index in [0.717, 1.165) is 36.4 Å². The van der Waals surface area contributed by atoms with Crippen LogP contribution in [0, 0.1) is 11.8 Å². The van der Waals surface area contributed by atoms with Gasteiger partial charge in [-0.25, -0.2) is 0 Å². The largest absolute Gasteiger partial charge is 0.493 e. The van der Waals surface area contributed by atoms with Crippen molar-refractivity contribution >= 4 is 29.9 Å². The number of likely N-dealkylation sites (tertiary alicyclic amines) is 1. The molecular formula is C20H32IN3O3. The van der Waals surface area contributed by atoms with Crippen LogP contribution in [0.3, 0.4) is 0 Å². The first-order valence-corrected chi connectivity index (χ1v) is 9.45. The summed E-state index contributed by atoms with van der Waals surface area (Å²) in [4.78, 5) is 6.92. The molecule has 1 saturated heterocycles. The fourth-order valence-corrected chi connectivity index (χ4v) is 4.39. The monoisotopic (exact) mass is 489 g/mol. The summed E-state index contributed by atoms with van der Waals surface area (Å²) in [7, 11) is 6.77. The Kier molecular flexibility index (Phi) is 8.31. The molecule has 2 fully saturated rings. The van der Waals surface area contributed by atoms with Crippen LogP contribution in [-0.2, 0) is 6.54 Å². The number of nitrogens with one attached hydrogen (secondary N) is 1. The summed E-state index contributed by atoms with van der Waals surface area (Å²) in [5.74, 6) is 4.62. The second-order valence-electron chi connectivity index (χ2n) is 7.10. The van der Waals surface area contributed by atoms with E-state index in [9.17, 15) is 0 Å². The minimum Gasteiger partial charge on any atom is -0.493 e. The summed E-state index contributed by atoms with van der Waals surface area (Å²) in [6.45, 7) is 2.86.